The van der Waals surface area contributed by atoms with Gasteiger partial charge in [0.25, 0.3) is 0 Å². The molecule has 1 atom stereocenters. The fourth-order valence-electron chi connectivity index (χ4n) is 6.45. The topological polar surface area (TPSA) is 42.5 Å². The third kappa shape index (κ3) is 4.42. The van der Waals surface area contributed by atoms with Crippen LogP contribution in [-0.2, 0) is 6.54 Å². The largest absolute Gasteiger partial charge is 0.381 e. The Morgan fingerprint density at radius 1 is 0.605 bits per heavy atom. The normalized spacial score (nSPS) is 12.9. The number of para-hydroxylation sites is 2. The quantitative estimate of drug-likeness (QED) is 0.206. The number of benzene rings is 6. The molecule has 0 spiro atoms. The van der Waals surface area contributed by atoms with Crippen molar-refractivity contribution in [2.45, 2.75) is 12.6 Å². The molecule has 0 aliphatic rings. The van der Waals surface area contributed by atoms with Crippen LogP contribution >= 0.6 is 0 Å². The number of aromatic nitrogens is 1. The molecule has 3 nitrogen and oxygen atoms in total. The minimum atomic E-state index is -0.217. The lowest BCUT2D eigenvalue weighted by Crippen LogP contribution is -2.15. The lowest BCUT2D eigenvalue weighted by atomic mass is 9.99. The second kappa shape index (κ2) is 10.5. The van der Waals surface area contributed by atoms with Crippen molar-refractivity contribution in [3.8, 4) is 11.1 Å². The summed E-state index contributed by atoms with van der Waals surface area (Å²) in [6, 6.07) is 51.6. The molecule has 8 aromatic rings. The third-order valence-corrected chi connectivity index (χ3v) is 8.61. The van der Waals surface area contributed by atoms with Gasteiger partial charge in [0.1, 0.15) is 0 Å². The van der Waals surface area contributed by atoms with E-state index in [2.05, 4.69) is 137 Å². The fourth-order valence-corrected chi connectivity index (χ4v) is 6.45. The van der Waals surface area contributed by atoms with E-state index in [0.29, 0.717) is 0 Å². The molecule has 0 fully saturated rings. The SMILES string of the molecule is NC(/C=C(\NCc1ccccc1)c1ccc(-c2ccc3c4cccc5c6ccccc6n(c3c2)c54)cc1)c1ccccc1. The molecule has 1 unspecified atom stereocenters. The van der Waals surface area contributed by atoms with Crippen LogP contribution in [0.4, 0.5) is 0 Å². The van der Waals surface area contributed by atoms with Crippen molar-refractivity contribution in [2.24, 2.45) is 5.73 Å². The second-order valence-corrected chi connectivity index (χ2v) is 11.2. The maximum Gasteiger partial charge on any atom is 0.0620 e. The van der Waals surface area contributed by atoms with Gasteiger partial charge < -0.3 is 15.5 Å². The Morgan fingerprint density at radius 3 is 2.00 bits per heavy atom. The first-order valence-electron chi connectivity index (χ1n) is 14.8. The van der Waals surface area contributed by atoms with E-state index in [1.807, 2.05) is 24.3 Å². The molecule has 0 radical (unpaired) electrons. The zero-order valence-corrected chi connectivity index (χ0v) is 23.7. The summed E-state index contributed by atoms with van der Waals surface area (Å²) in [6.45, 7) is 0.723. The number of rotatable bonds is 7. The number of nitrogens with zero attached hydrogens (tertiary/aromatic N) is 1. The van der Waals surface area contributed by atoms with Crippen molar-refractivity contribution in [1.29, 1.82) is 0 Å². The molecule has 0 amide bonds. The van der Waals surface area contributed by atoms with Crippen LogP contribution in [-0.4, -0.2) is 4.40 Å². The highest BCUT2D eigenvalue weighted by Gasteiger charge is 2.17. The molecule has 3 heteroatoms. The highest BCUT2D eigenvalue weighted by molar-refractivity contribution is 6.23. The molecule has 0 aliphatic carbocycles. The van der Waals surface area contributed by atoms with Crippen LogP contribution in [0.1, 0.15) is 22.7 Å². The Bertz CT molecular complexity index is 2230. The van der Waals surface area contributed by atoms with Gasteiger partial charge in [-0.25, -0.2) is 0 Å². The van der Waals surface area contributed by atoms with Crippen molar-refractivity contribution in [3.05, 3.63) is 168 Å². The van der Waals surface area contributed by atoms with E-state index in [9.17, 15) is 0 Å². The number of nitrogens with two attached hydrogens (primary N) is 1. The summed E-state index contributed by atoms with van der Waals surface area (Å²) >= 11 is 0. The molecule has 6 aromatic carbocycles. The monoisotopic (exact) mass is 553 g/mol. The van der Waals surface area contributed by atoms with E-state index in [1.165, 1.54) is 54.8 Å². The van der Waals surface area contributed by atoms with Crippen LogP contribution in [0, 0.1) is 0 Å². The van der Waals surface area contributed by atoms with Crippen molar-refractivity contribution in [2.75, 3.05) is 0 Å². The summed E-state index contributed by atoms with van der Waals surface area (Å²) in [5, 5.41) is 8.87. The van der Waals surface area contributed by atoms with Gasteiger partial charge in [0.2, 0.25) is 0 Å². The predicted molar refractivity (Wildman–Crippen MR) is 181 cm³/mol. The van der Waals surface area contributed by atoms with Crippen molar-refractivity contribution < 1.29 is 0 Å². The van der Waals surface area contributed by atoms with E-state index in [1.54, 1.807) is 0 Å². The predicted octanol–water partition coefficient (Wildman–Crippen LogP) is 9.33. The minimum Gasteiger partial charge on any atom is -0.381 e. The molecule has 0 saturated heterocycles. The Hall–Kier alpha value is -5.38. The van der Waals surface area contributed by atoms with Gasteiger partial charge in [-0.2, -0.15) is 0 Å². The molecule has 2 heterocycles. The maximum absolute atomic E-state index is 6.65. The zero-order valence-electron chi connectivity index (χ0n) is 23.7. The van der Waals surface area contributed by atoms with Gasteiger partial charge in [0.15, 0.2) is 0 Å². The molecule has 0 bridgehead atoms. The molecular weight excluding hydrogens is 522 g/mol. The summed E-state index contributed by atoms with van der Waals surface area (Å²) in [5.74, 6) is 0. The Balaban J connectivity index is 1.18. The first-order chi connectivity index (χ1) is 21.2. The summed E-state index contributed by atoms with van der Waals surface area (Å²) in [6.07, 6.45) is 2.13. The van der Waals surface area contributed by atoms with E-state index in [4.69, 9.17) is 5.73 Å². The van der Waals surface area contributed by atoms with E-state index < -0.39 is 0 Å². The van der Waals surface area contributed by atoms with Gasteiger partial charge in [-0.1, -0.05) is 133 Å². The fraction of sp³-hybridized carbons (Fsp3) is 0.0500. The highest BCUT2D eigenvalue weighted by atomic mass is 14.9. The van der Waals surface area contributed by atoms with E-state index >= 15 is 0 Å². The summed E-state index contributed by atoms with van der Waals surface area (Å²) in [4.78, 5) is 0. The maximum atomic E-state index is 6.65. The average molecular weight is 554 g/mol. The van der Waals surface area contributed by atoms with Crippen molar-refractivity contribution in [1.82, 2.24) is 9.72 Å². The minimum absolute atomic E-state index is 0.217. The van der Waals surface area contributed by atoms with Crippen molar-refractivity contribution >= 4 is 43.8 Å². The van der Waals surface area contributed by atoms with Crippen LogP contribution in [0.3, 0.4) is 0 Å². The summed E-state index contributed by atoms with van der Waals surface area (Å²) < 4.78 is 2.44. The third-order valence-electron chi connectivity index (χ3n) is 8.61. The standard InChI is InChI=1S/C40H31N3/c41-36(29-12-5-2-6-13-29)25-37(42-26-27-10-3-1-4-11-27)30-20-18-28(19-21-30)31-22-23-33-35-16-9-15-34-32-14-7-8-17-38(32)43(40(34)35)39(33)24-31/h1-25,36,42H,26,41H2/b37-25-. The first-order valence-corrected chi connectivity index (χ1v) is 14.8. The number of nitrogens with one attached hydrogen (secondary N) is 1. The first kappa shape index (κ1) is 25.3. The zero-order chi connectivity index (χ0) is 28.8. The smallest absolute Gasteiger partial charge is 0.0620 e. The molecule has 43 heavy (non-hydrogen) atoms. The van der Waals surface area contributed by atoms with Crippen LogP contribution in [0.15, 0.2) is 152 Å². The number of hydrogen-bond acceptors (Lipinski definition) is 2. The van der Waals surface area contributed by atoms with Crippen LogP contribution in [0.5, 0.6) is 0 Å². The summed E-state index contributed by atoms with van der Waals surface area (Å²) in [5.41, 5.74) is 17.3. The summed E-state index contributed by atoms with van der Waals surface area (Å²) in [7, 11) is 0. The molecule has 0 saturated carbocycles. The van der Waals surface area contributed by atoms with E-state index in [0.717, 1.165) is 23.4 Å². The molecular formula is C40H31N3. The highest BCUT2D eigenvalue weighted by Crippen LogP contribution is 2.40. The van der Waals surface area contributed by atoms with Gasteiger partial charge in [-0.15, -0.1) is 0 Å². The Kier molecular flexibility index (Phi) is 6.17. The number of fused-ring (bicyclic) bond motifs is 6. The van der Waals surface area contributed by atoms with Gasteiger partial charge >= 0.3 is 0 Å². The van der Waals surface area contributed by atoms with Crippen LogP contribution in [0.25, 0.3) is 54.9 Å². The van der Waals surface area contributed by atoms with E-state index in [-0.39, 0.29) is 6.04 Å². The van der Waals surface area contributed by atoms with Gasteiger partial charge in [-0.3, -0.25) is 0 Å². The van der Waals surface area contributed by atoms with Gasteiger partial charge in [-0.05, 0) is 46.0 Å². The van der Waals surface area contributed by atoms with Crippen LogP contribution < -0.4 is 11.1 Å². The molecule has 2 aromatic heterocycles. The lowest BCUT2D eigenvalue weighted by molar-refractivity contribution is 0.858. The average Bonchev–Trinajstić information content (AvgIpc) is 3.59. The van der Waals surface area contributed by atoms with Crippen LogP contribution in [0.2, 0.25) is 0 Å². The molecule has 0 aliphatic heterocycles. The number of hydrogen-bond donors (Lipinski definition) is 2. The molecule has 206 valence electrons. The lowest BCUT2D eigenvalue weighted by Gasteiger charge is -2.16. The van der Waals surface area contributed by atoms with Gasteiger partial charge in [0, 0.05) is 33.8 Å². The Morgan fingerprint density at radius 2 is 1.23 bits per heavy atom. The second-order valence-electron chi connectivity index (χ2n) is 11.2. The molecule has 8 rings (SSSR count). The van der Waals surface area contributed by atoms with Gasteiger partial charge in [0.05, 0.1) is 22.6 Å². The molecule has 3 N–H and O–H groups in total. The Labute approximate surface area is 250 Å². The van der Waals surface area contributed by atoms with Crippen molar-refractivity contribution in [3.63, 3.8) is 0 Å².